The van der Waals surface area contributed by atoms with Crippen molar-refractivity contribution in [1.29, 1.82) is 0 Å². The van der Waals surface area contributed by atoms with E-state index in [0.717, 1.165) is 0 Å². The highest BCUT2D eigenvalue weighted by Crippen LogP contribution is 1.92. The lowest BCUT2D eigenvalue weighted by molar-refractivity contribution is 1.33. The molecule has 0 saturated heterocycles. The van der Waals surface area contributed by atoms with Crippen LogP contribution >= 0.6 is 22.9 Å². The van der Waals surface area contributed by atoms with Crippen LogP contribution < -0.4 is 0 Å². The van der Waals surface area contributed by atoms with E-state index in [1.807, 2.05) is 45.5 Å². The lowest BCUT2D eigenvalue weighted by atomic mass is 10.5. The van der Waals surface area contributed by atoms with Gasteiger partial charge in [0.05, 0.1) is 22.9 Å². The molecule has 0 aliphatic heterocycles. The Balaban J connectivity index is 0.000000120. The molecule has 2 aromatic heterocycles. The first-order chi connectivity index (χ1) is 5.89. The van der Waals surface area contributed by atoms with Crippen molar-refractivity contribution in [3.05, 3.63) is 55.1 Å². The quantitative estimate of drug-likeness (QED) is 0.674. The summed E-state index contributed by atoms with van der Waals surface area (Å²) >= 11 is 2.19. The van der Waals surface area contributed by atoms with E-state index in [-0.39, 0.29) is 0 Å². The summed E-state index contributed by atoms with van der Waals surface area (Å²) in [6, 6.07) is 9.70. The third-order valence-electron chi connectivity index (χ3n) is 1.13. The van der Waals surface area contributed by atoms with E-state index < -0.39 is 0 Å². The van der Waals surface area contributed by atoms with Gasteiger partial charge in [0, 0.05) is 24.8 Å². The molecule has 3 heteroatoms. The summed E-state index contributed by atoms with van der Waals surface area (Å²) in [5, 5.41) is 0. The molecule has 0 amide bonds. The van der Waals surface area contributed by atoms with Crippen molar-refractivity contribution in [1.82, 2.24) is 7.76 Å². The molecule has 2 heterocycles. The number of rotatable bonds is 0. The number of nitrogens with zero attached hydrogens (tertiary/aromatic N) is 2. The SMILES string of the molecule is In1cccc1.c1ccncc1. The van der Waals surface area contributed by atoms with Crippen molar-refractivity contribution in [2.24, 2.45) is 0 Å². The molecule has 2 nitrogen and oxygen atoms in total. The summed E-state index contributed by atoms with van der Waals surface area (Å²) in [4.78, 5) is 3.78. The molecule has 0 aliphatic rings. The van der Waals surface area contributed by atoms with Gasteiger partial charge in [-0.05, 0) is 24.3 Å². The Bertz CT molecular complexity index is 252. The maximum absolute atomic E-state index is 3.78. The number of aromatic nitrogens is 2. The highest BCUT2D eigenvalue weighted by molar-refractivity contribution is 14.1. The molecule has 0 aliphatic carbocycles. The first kappa shape index (κ1) is 9.25. The maximum Gasteiger partial charge on any atom is 0.0634 e. The molecule has 2 aromatic rings. The number of halogens is 1. The Morgan fingerprint density at radius 3 is 1.58 bits per heavy atom. The molecule has 0 bridgehead atoms. The predicted octanol–water partition coefficient (Wildman–Crippen LogP) is 2.77. The lowest BCUT2D eigenvalue weighted by Crippen LogP contribution is -1.61. The topological polar surface area (TPSA) is 17.8 Å². The van der Waals surface area contributed by atoms with Crippen LogP contribution in [0.2, 0.25) is 0 Å². The van der Waals surface area contributed by atoms with E-state index in [9.17, 15) is 0 Å². The Morgan fingerprint density at radius 2 is 1.42 bits per heavy atom. The Hall–Kier alpha value is -0.840. The van der Waals surface area contributed by atoms with Crippen molar-refractivity contribution in [3.8, 4) is 0 Å². The van der Waals surface area contributed by atoms with Crippen molar-refractivity contribution in [2.75, 3.05) is 0 Å². The minimum absolute atomic E-state index is 1.75. The standard InChI is InChI=1S/C5H5N.C4H4IN/c1-2-4-6-5-3-1;5-6-3-1-2-4-6/h1-5H;1-4H. The fourth-order valence-electron chi connectivity index (χ4n) is 0.626. The van der Waals surface area contributed by atoms with Gasteiger partial charge in [0.15, 0.2) is 0 Å². The third kappa shape index (κ3) is 4.12. The smallest absolute Gasteiger partial charge is 0.0634 e. The largest absolute Gasteiger partial charge is 0.297 e. The molecule has 0 saturated carbocycles. The van der Waals surface area contributed by atoms with Crippen molar-refractivity contribution >= 4 is 22.9 Å². The van der Waals surface area contributed by atoms with Crippen LogP contribution in [0.3, 0.4) is 0 Å². The van der Waals surface area contributed by atoms with Crippen LogP contribution in [0.25, 0.3) is 0 Å². The monoisotopic (exact) mass is 272 g/mol. The fourth-order valence-corrected chi connectivity index (χ4v) is 0.997. The number of hydrogen-bond donors (Lipinski definition) is 0. The van der Waals surface area contributed by atoms with E-state index in [2.05, 4.69) is 27.8 Å². The molecule has 0 aromatic carbocycles. The number of pyridine rings is 1. The van der Waals surface area contributed by atoms with Crippen LogP contribution in [-0.2, 0) is 0 Å². The van der Waals surface area contributed by atoms with Gasteiger partial charge in [-0.15, -0.1) is 0 Å². The van der Waals surface area contributed by atoms with Crippen LogP contribution in [0.1, 0.15) is 0 Å². The maximum atomic E-state index is 3.78. The summed E-state index contributed by atoms with van der Waals surface area (Å²) in [5.41, 5.74) is 0. The fraction of sp³-hybridized carbons (Fsp3) is 0. The minimum atomic E-state index is 1.75. The molecule has 0 unspecified atom stereocenters. The van der Waals surface area contributed by atoms with Crippen LogP contribution in [0, 0.1) is 0 Å². The van der Waals surface area contributed by atoms with Gasteiger partial charge in [-0.1, -0.05) is 6.07 Å². The van der Waals surface area contributed by atoms with Crippen LogP contribution in [0.15, 0.2) is 55.1 Å². The summed E-state index contributed by atoms with van der Waals surface area (Å²) in [6.07, 6.45) is 7.47. The van der Waals surface area contributed by atoms with Gasteiger partial charge in [-0.25, -0.2) is 0 Å². The summed E-state index contributed by atoms with van der Waals surface area (Å²) in [5.74, 6) is 0. The molecule has 0 radical (unpaired) electrons. The van der Waals surface area contributed by atoms with Crippen LogP contribution in [0.4, 0.5) is 0 Å². The molecule has 62 valence electrons. The second-order valence-electron chi connectivity index (χ2n) is 2.05. The number of hydrogen-bond acceptors (Lipinski definition) is 1. The van der Waals surface area contributed by atoms with E-state index in [1.165, 1.54) is 0 Å². The lowest BCUT2D eigenvalue weighted by Gasteiger charge is -1.74. The van der Waals surface area contributed by atoms with E-state index >= 15 is 0 Å². The van der Waals surface area contributed by atoms with Crippen LogP contribution in [0.5, 0.6) is 0 Å². The molecular weight excluding hydrogens is 263 g/mol. The van der Waals surface area contributed by atoms with Gasteiger partial charge >= 0.3 is 0 Å². The second kappa shape index (κ2) is 5.77. The molecule has 0 atom stereocenters. The third-order valence-corrected chi connectivity index (χ3v) is 1.78. The highest BCUT2D eigenvalue weighted by Gasteiger charge is 1.70. The first-order valence-corrected chi connectivity index (χ1v) is 4.50. The van der Waals surface area contributed by atoms with E-state index in [0.29, 0.717) is 0 Å². The van der Waals surface area contributed by atoms with E-state index in [4.69, 9.17) is 0 Å². The van der Waals surface area contributed by atoms with Gasteiger partial charge in [-0.3, -0.25) is 7.76 Å². The normalized spacial score (nSPS) is 8.42. The summed E-state index contributed by atoms with van der Waals surface area (Å²) in [6.45, 7) is 0. The molecule has 0 N–H and O–H groups in total. The van der Waals surface area contributed by atoms with Gasteiger partial charge in [0.25, 0.3) is 0 Å². The summed E-state index contributed by atoms with van der Waals surface area (Å²) in [7, 11) is 0. The zero-order chi connectivity index (χ0) is 8.65. The molecule has 0 fully saturated rings. The molecular formula is C9H9IN2. The van der Waals surface area contributed by atoms with Crippen molar-refractivity contribution < 1.29 is 0 Å². The Morgan fingerprint density at radius 1 is 0.833 bits per heavy atom. The molecule has 0 spiro atoms. The molecule has 2 rings (SSSR count). The average Bonchev–Trinajstić information content (AvgIpc) is 2.60. The zero-order valence-electron chi connectivity index (χ0n) is 6.47. The van der Waals surface area contributed by atoms with Gasteiger partial charge in [0.2, 0.25) is 0 Å². The van der Waals surface area contributed by atoms with Crippen molar-refractivity contribution in [2.45, 2.75) is 0 Å². The first-order valence-electron chi connectivity index (χ1n) is 3.54. The Labute approximate surface area is 85.8 Å². The van der Waals surface area contributed by atoms with Gasteiger partial charge < -0.3 is 0 Å². The van der Waals surface area contributed by atoms with E-state index in [1.54, 1.807) is 12.4 Å². The molecule has 12 heavy (non-hydrogen) atoms. The Kier molecular flexibility index (Phi) is 4.44. The van der Waals surface area contributed by atoms with Crippen LogP contribution in [-0.4, -0.2) is 7.76 Å². The minimum Gasteiger partial charge on any atom is -0.297 e. The average molecular weight is 272 g/mol. The predicted molar refractivity (Wildman–Crippen MR) is 58.1 cm³/mol. The highest BCUT2D eigenvalue weighted by atomic mass is 127. The second-order valence-corrected chi connectivity index (χ2v) is 3.17. The zero-order valence-corrected chi connectivity index (χ0v) is 8.63. The summed E-state index contributed by atoms with van der Waals surface area (Å²) < 4.78 is 1.97. The van der Waals surface area contributed by atoms with Gasteiger partial charge in [0.1, 0.15) is 0 Å². The van der Waals surface area contributed by atoms with Crippen molar-refractivity contribution in [3.63, 3.8) is 0 Å². The van der Waals surface area contributed by atoms with Gasteiger partial charge in [-0.2, -0.15) is 0 Å².